The van der Waals surface area contributed by atoms with Crippen LogP contribution in [0.4, 0.5) is 5.69 Å². The summed E-state index contributed by atoms with van der Waals surface area (Å²) in [7, 11) is 0. The standard InChI is InChI=1S/C20H21N3O3/c21-19(24)13-1-4-16(5-2-13)26-17-7-9-23(10-8-17)15-3-6-18-14(11-15)12-22-20(18)25/h1-6,11,17H,7-10,12H2,(H2,21,24)(H,22,25). The van der Waals surface area contributed by atoms with Gasteiger partial charge >= 0.3 is 0 Å². The van der Waals surface area contributed by atoms with E-state index in [1.165, 1.54) is 0 Å². The number of carbonyl (C=O) groups is 2. The van der Waals surface area contributed by atoms with Crippen molar-refractivity contribution in [2.75, 3.05) is 18.0 Å². The number of hydrogen-bond donors (Lipinski definition) is 2. The van der Waals surface area contributed by atoms with Crippen molar-refractivity contribution in [3.8, 4) is 5.75 Å². The number of fused-ring (bicyclic) bond motifs is 1. The average molecular weight is 351 g/mol. The Kier molecular flexibility index (Phi) is 4.24. The molecule has 0 radical (unpaired) electrons. The van der Waals surface area contributed by atoms with Gasteiger partial charge in [0.2, 0.25) is 5.91 Å². The fourth-order valence-corrected chi connectivity index (χ4v) is 3.54. The van der Waals surface area contributed by atoms with Crippen molar-refractivity contribution in [1.82, 2.24) is 5.32 Å². The Balaban J connectivity index is 1.35. The van der Waals surface area contributed by atoms with E-state index in [4.69, 9.17) is 10.5 Å². The van der Waals surface area contributed by atoms with E-state index < -0.39 is 5.91 Å². The lowest BCUT2D eigenvalue weighted by molar-refractivity contribution is 0.0964. The smallest absolute Gasteiger partial charge is 0.251 e. The third kappa shape index (κ3) is 3.22. The van der Waals surface area contributed by atoms with Crippen molar-refractivity contribution in [3.63, 3.8) is 0 Å². The maximum absolute atomic E-state index is 11.7. The first kappa shape index (κ1) is 16.4. The van der Waals surface area contributed by atoms with Crippen molar-refractivity contribution in [2.24, 2.45) is 5.73 Å². The largest absolute Gasteiger partial charge is 0.490 e. The Labute approximate surface area is 151 Å². The molecule has 134 valence electrons. The summed E-state index contributed by atoms with van der Waals surface area (Å²) in [6.07, 6.45) is 2.00. The predicted octanol–water partition coefficient (Wildman–Crippen LogP) is 2.08. The second-order valence-corrected chi connectivity index (χ2v) is 6.72. The van der Waals surface area contributed by atoms with Crippen molar-refractivity contribution < 1.29 is 14.3 Å². The van der Waals surface area contributed by atoms with E-state index in [2.05, 4.69) is 16.3 Å². The fourth-order valence-electron chi connectivity index (χ4n) is 3.54. The lowest BCUT2D eigenvalue weighted by Gasteiger charge is -2.34. The molecule has 0 atom stereocenters. The van der Waals surface area contributed by atoms with E-state index in [9.17, 15) is 9.59 Å². The summed E-state index contributed by atoms with van der Waals surface area (Å²) in [6.45, 7) is 2.43. The van der Waals surface area contributed by atoms with Crippen LogP contribution in [0.3, 0.4) is 0 Å². The van der Waals surface area contributed by atoms with Crippen LogP contribution in [-0.4, -0.2) is 31.0 Å². The molecule has 0 spiro atoms. The zero-order valence-corrected chi connectivity index (χ0v) is 14.4. The van der Waals surface area contributed by atoms with E-state index in [0.717, 1.165) is 48.5 Å². The molecule has 2 amide bonds. The number of rotatable bonds is 4. The Hall–Kier alpha value is -3.02. The number of nitrogens with one attached hydrogen (secondary N) is 1. The molecule has 2 aliphatic heterocycles. The van der Waals surface area contributed by atoms with Gasteiger partial charge < -0.3 is 20.7 Å². The van der Waals surface area contributed by atoms with Gasteiger partial charge in [-0.05, 0) is 48.0 Å². The van der Waals surface area contributed by atoms with E-state index in [-0.39, 0.29) is 12.0 Å². The molecule has 26 heavy (non-hydrogen) atoms. The molecule has 1 saturated heterocycles. The molecule has 0 saturated carbocycles. The topological polar surface area (TPSA) is 84.7 Å². The Bertz CT molecular complexity index is 840. The van der Waals surface area contributed by atoms with Crippen molar-refractivity contribution in [2.45, 2.75) is 25.5 Å². The summed E-state index contributed by atoms with van der Waals surface area (Å²) in [5.74, 6) is 0.340. The van der Waals surface area contributed by atoms with Crippen LogP contribution >= 0.6 is 0 Å². The second-order valence-electron chi connectivity index (χ2n) is 6.72. The molecule has 1 fully saturated rings. The lowest BCUT2D eigenvalue weighted by atomic mass is 10.0. The number of hydrogen-bond acceptors (Lipinski definition) is 4. The highest BCUT2D eigenvalue weighted by Crippen LogP contribution is 2.27. The molecular weight excluding hydrogens is 330 g/mol. The summed E-state index contributed by atoms with van der Waals surface area (Å²) in [6, 6.07) is 13.0. The number of anilines is 1. The Morgan fingerprint density at radius 2 is 1.85 bits per heavy atom. The molecule has 6 heteroatoms. The number of piperidine rings is 1. The number of benzene rings is 2. The van der Waals surface area contributed by atoms with Gasteiger partial charge in [0, 0.05) is 49.3 Å². The van der Waals surface area contributed by atoms with Gasteiger partial charge in [-0.1, -0.05) is 0 Å². The summed E-state index contributed by atoms with van der Waals surface area (Å²) in [5.41, 5.74) is 8.75. The predicted molar refractivity (Wildman–Crippen MR) is 98.4 cm³/mol. The van der Waals surface area contributed by atoms with Crippen LogP contribution in [-0.2, 0) is 6.54 Å². The van der Waals surface area contributed by atoms with Gasteiger partial charge in [-0.25, -0.2) is 0 Å². The molecule has 2 heterocycles. The number of nitrogens with two attached hydrogens (primary N) is 1. The first-order valence-electron chi connectivity index (χ1n) is 8.83. The normalized spacial score (nSPS) is 16.9. The van der Waals surface area contributed by atoms with Crippen molar-refractivity contribution in [3.05, 3.63) is 59.2 Å². The third-order valence-corrected chi connectivity index (χ3v) is 5.02. The molecule has 4 rings (SSSR count). The number of carbonyl (C=O) groups excluding carboxylic acids is 2. The SMILES string of the molecule is NC(=O)c1ccc(OC2CCN(c3ccc4c(c3)CNC4=O)CC2)cc1. The highest BCUT2D eigenvalue weighted by molar-refractivity contribution is 5.98. The first-order chi connectivity index (χ1) is 12.6. The lowest BCUT2D eigenvalue weighted by Crippen LogP contribution is -2.38. The van der Waals surface area contributed by atoms with Crippen LogP contribution in [0.15, 0.2) is 42.5 Å². The molecule has 2 aromatic rings. The van der Waals surface area contributed by atoms with Crippen LogP contribution in [0.1, 0.15) is 39.1 Å². The van der Waals surface area contributed by atoms with Crippen LogP contribution in [0.25, 0.3) is 0 Å². The van der Waals surface area contributed by atoms with Gasteiger partial charge in [0.1, 0.15) is 11.9 Å². The van der Waals surface area contributed by atoms with Crippen molar-refractivity contribution >= 4 is 17.5 Å². The molecule has 6 nitrogen and oxygen atoms in total. The number of amides is 2. The first-order valence-corrected chi connectivity index (χ1v) is 8.83. The molecular formula is C20H21N3O3. The quantitative estimate of drug-likeness (QED) is 0.883. The summed E-state index contributed by atoms with van der Waals surface area (Å²) in [4.78, 5) is 25.1. The fraction of sp³-hybridized carbons (Fsp3) is 0.300. The molecule has 0 unspecified atom stereocenters. The van der Waals surface area contributed by atoms with E-state index in [0.29, 0.717) is 12.1 Å². The monoisotopic (exact) mass is 351 g/mol. The molecule has 0 bridgehead atoms. The van der Waals surface area contributed by atoms with E-state index >= 15 is 0 Å². The zero-order chi connectivity index (χ0) is 18.1. The summed E-state index contributed by atoms with van der Waals surface area (Å²) in [5, 5.41) is 2.85. The number of nitrogens with zero attached hydrogens (tertiary/aromatic N) is 1. The maximum atomic E-state index is 11.7. The minimum Gasteiger partial charge on any atom is -0.490 e. The number of ether oxygens (including phenoxy) is 1. The summed E-state index contributed by atoms with van der Waals surface area (Å²) < 4.78 is 6.03. The Morgan fingerprint density at radius 3 is 2.54 bits per heavy atom. The minimum atomic E-state index is -0.434. The molecule has 3 N–H and O–H groups in total. The maximum Gasteiger partial charge on any atom is 0.251 e. The van der Waals surface area contributed by atoms with Gasteiger partial charge in [0.15, 0.2) is 0 Å². The second kappa shape index (κ2) is 6.71. The number of primary amides is 1. The van der Waals surface area contributed by atoms with Crippen molar-refractivity contribution in [1.29, 1.82) is 0 Å². The highest BCUT2D eigenvalue weighted by Gasteiger charge is 2.23. The average Bonchev–Trinajstić information content (AvgIpc) is 3.03. The van der Waals surface area contributed by atoms with Gasteiger partial charge in [-0.3, -0.25) is 9.59 Å². The Morgan fingerprint density at radius 1 is 1.12 bits per heavy atom. The van der Waals surface area contributed by atoms with Crippen LogP contribution < -0.4 is 20.7 Å². The molecule has 0 aliphatic carbocycles. The van der Waals surface area contributed by atoms with E-state index in [1.54, 1.807) is 24.3 Å². The molecule has 2 aliphatic rings. The van der Waals surface area contributed by atoms with E-state index in [1.807, 2.05) is 12.1 Å². The van der Waals surface area contributed by atoms with Gasteiger partial charge in [0.25, 0.3) is 5.91 Å². The van der Waals surface area contributed by atoms with Crippen LogP contribution in [0.2, 0.25) is 0 Å². The zero-order valence-electron chi connectivity index (χ0n) is 14.4. The minimum absolute atomic E-state index is 0.0148. The van der Waals surface area contributed by atoms with Gasteiger partial charge in [0.05, 0.1) is 0 Å². The van der Waals surface area contributed by atoms with Gasteiger partial charge in [-0.2, -0.15) is 0 Å². The molecule has 0 aromatic heterocycles. The van der Waals surface area contributed by atoms with Crippen LogP contribution in [0.5, 0.6) is 5.75 Å². The van der Waals surface area contributed by atoms with Crippen LogP contribution in [0, 0.1) is 0 Å². The van der Waals surface area contributed by atoms with Gasteiger partial charge in [-0.15, -0.1) is 0 Å². The third-order valence-electron chi connectivity index (χ3n) is 5.02. The summed E-state index contributed by atoms with van der Waals surface area (Å²) >= 11 is 0. The highest BCUT2D eigenvalue weighted by atomic mass is 16.5. The molecule has 2 aromatic carbocycles.